The number of hydrogen-bond acceptors (Lipinski definition) is 7. The van der Waals surface area contributed by atoms with Crippen molar-refractivity contribution in [2.75, 3.05) is 6.26 Å². The zero-order valence-electron chi connectivity index (χ0n) is 19.4. The average Bonchev–Trinajstić information content (AvgIpc) is 3.15. The SMILES string of the molecule is CSc1nc2nc(C)c(CCC(=O)O[C@@H](C)C(=O)C34CC5CC(CC(C5)C3)C4)c(C)n2n1. The molecule has 4 aliphatic rings. The molecular weight excluding hydrogens is 424 g/mol. The fourth-order valence-corrected chi connectivity index (χ4v) is 7.35. The van der Waals surface area contributed by atoms with Gasteiger partial charge in [0.1, 0.15) is 0 Å². The van der Waals surface area contributed by atoms with Gasteiger partial charge in [-0.3, -0.25) is 9.59 Å². The molecule has 172 valence electrons. The van der Waals surface area contributed by atoms with Crippen LogP contribution in [0.15, 0.2) is 5.16 Å². The Balaban J connectivity index is 1.23. The van der Waals surface area contributed by atoms with Gasteiger partial charge in [0, 0.05) is 23.2 Å². The van der Waals surface area contributed by atoms with Crippen LogP contribution in [0.4, 0.5) is 0 Å². The van der Waals surface area contributed by atoms with Crippen molar-refractivity contribution >= 4 is 29.3 Å². The summed E-state index contributed by atoms with van der Waals surface area (Å²) in [6.45, 7) is 5.67. The molecular formula is C24H32N4O3S. The van der Waals surface area contributed by atoms with Crippen LogP contribution < -0.4 is 0 Å². The van der Waals surface area contributed by atoms with Gasteiger partial charge >= 0.3 is 5.97 Å². The lowest BCUT2D eigenvalue weighted by atomic mass is 9.48. The van der Waals surface area contributed by atoms with E-state index in [1.54, 1.807) is 11.4 Å². The van der Waals surface area contributed by atoms with Gasteiger partial charge in [0.15, 0.2) is 11.9 Å². The summed E-state index contributed by atoms with van der Waals surface area (Å²) in [6.07, 6.45) is 8.87. The fraction of sp³-hybridized carbons (Fsp3) is 0.708. The van der Waals surface area contributed by atoms with Crippen molar-refractivity contribution in [1.82, 2.24) is 19.6 Å². The van der Waals surface area contributed by atoms with Crippen molar-refractivity contribution in [3.8, 4) is 0 Å². The number of thioether (sulfide) groups is 1. The fourth-order valence-electron chi connectivity index (χ4n) is 7.02. The van der Waals surface area contributed by atoms with Gasteiger partial charge in [0.05, 0.1) is 0 Å². The van der Waals surface area contributed by atoms with E-state index in [0.717, 1.165) is 36.2 Å². The molecule has 0 aliphatic heterocycles. The Bertz CT molecular complexity index is 1040. The quantitative estimate of drug-likeness (QED) is 0.458. The minimum atomic E-state index is -0.666. The molecule has 0 unspecified atom stereocenters. The molecule has 4 fully saturated rings. The smallest absolute Gasteiger partial charge is 0.306 e. The van der Waals surface area contributed by atoms with Crippen molar-refractivity contribution in [3.63, 3.8) is 0 Å². The molecule has 32 heavy (non-hydrogen) atoms. The molecule has 8 heteroatoms. The number of fused-ring (bicyclic) bond motifs is 1. The molecule has 2 heterocycles. The number of ketones is 1. The molecule has 0 amide bonds. The number of rotatable bonds is 7. The summed E-state index contributed by atoms with van der Waals surface area (Å²) in [5, 5.41) is 5.14. The summed E-state index contributed by atoms with van der Waals surface area (Å²) in [7, 11) is 0. The van der Waals surface area contributed by atoms with E-state index in [4.69, 9.17) is 4.74 Å². The predicted octanol–water partition coefficient (Wildman–Crippen LogP) is 4.11. The van der Waals surface area contributed by atoms with E-state index in [0.29, 0.717) is 35.1 Å². The van der Waals surface area contributed by atoms with Crippen molar-refractivity contribution in [2.24, 2.45) is 23.2 Å². The zero-order chi connectivity index (χ0) is 22.6. The molecule has 4 saturated carbocycles. The second-order valence-corrected chi connectivity index (χ2v) is 11.0. The van der Waals surface area contributed by atoms with Crippen molar-refractivity contribution < 1.29 is 14.3 Å². The van der Waals surface area contributed by atoms with Crippen LogP contribution in [0.2, 0.25) is 0 Å². The third kappa shape index (κ3) is 3.74. The number of carbonyl (C=O) groups is 2. The standard InChI is InChI=1S/C24H32N4O3S/c1-13-19(14(2)28-22(25-13)26-23(27-28)32-4)5-6-20(29)31-15(3)21(30)24-10-16-7-17(11-24)9-18(8-16)12-24/h15-18H,5-12H2,1-4H3/t15-,16?,17?,18?,24?/m0/s1. The van der Waals surface area contributed by atoms with Crippen molar-refractivity contribution in [1.29, 1.82) is 0 Å². The molecule has 0 spiro atoms. The highest BCUT2D eigenvalue weighted by Crippen LogP contribution is 2.60. The van der Waals surface area contributed by atoms with Crippen LogP contribution >= 0.6 is 11.8 Å². The first kappa shape index (κ1) is 21.9. The molecule has 0 saturated heterocycles. The number of Topliss-reactive ketones (excluding diaryl/α,β-unsaturated/α-hetero) is 1. The molecule has 0 radical (unpaired) electrons. The molecule has 2 aromatic rings. The van der Waals surface area contributed by atoms with E-state index in [1.165, 1.54) is 31.0 Å². The van der Waals surface area contributed by atoms with Gasteiger partial charge in [-0.15, -0.1) is 5.10 Å². The van der Waals surface area contributed by atoms with Crippen LogP contribution in [0.25, 0.3) is 5.78 Å². The summed E-state index contributed by atoms with van der Waals surface area (Å²) >= 11 is 1.47. The number of nitrogens with zero attached hydrogens (tertiary/aromatic N) is 4. The highest BCUT2D eigenvalue weighted by atomic mass is 32.2. The Hall–Kier alpha value is -1.96. The number of aryl methyl sites for hydroxylation is 2. The third-order valence-corrected chi connectivity index (χ3v) is 8.57. The molecule has 7 nitrogen and oxygen atoms in total. The Morgan fingerprint density at radius 1 is 1.12 bits per heavy atom. The molecule has 4 bridgehead atoms. The second kappa shape index (κ2) is 8.12. The maximum absolute atomic E-state index is 13.4. The Kier molecular flexibility index (Phi) is 5.55. The Morgan fingerprint density at radius 3 is 2.34 bits per heavy atom. The van der Waals surface area contributed by atoms with Gasteiger partial charge in [-0.1, -0.05) is 11.8 Å². The minimum absolute atomic E-state index is 0.160. The Morgan fingerprint density at radius 2 is 1.75 bits per heavy atom. The maximum atomic E-state index is 13.4. The monoisotopic (exact) mass is 456 g/mol. The number of hydrogen-bond donors (Lipinski definition) is 0. The lowest BCUT2D eigenvalue weighted by Gasteiger charge is -2.56. The van der Waals surface area contributed by atoms with Gasteiger partial charge in [0.2, 0.25) is 5.16 Å². The number of ether oxygens (including phenoxy) is 1. The number of carbonyl (C=O) groups excluding carboxylic acids is 2. The second-order valence-electron chi connectivity index (χ2n) is 10.3. The summed E-state index contributed by atoms with van der Waals surface area (Å²) in [6, 6.07) is 0. The lowest BCUT2D eigenvalue weighted by molar-refractivity contribution is -0.165. The first-order valence-corrected chi connectivity index (χ1v) is 13.0. The van der Waals surface area contributed by atoms with Gasteiger partial charge in [0.25, 0.3) is 5.78 Å². The number of aromatic nitrogens is 4. The van der Waals surface area contributed by atoms with Gasteiger partial charge in [-0.25, -0.2) is 9.50 Å². The van der Waals surface area contributed by atoms with E-state index in [2.05, 4.69) is 15.1 Å². The molecule has 0 aromatic carbocycles. The molecule has 6 rings (SSSR count). The normalized spacial score (nSPS) is 29.4. The Labute approximate surface area is 193 Å². The summed E-state index contributed by atoms with van der Waals surface area (Å²) in [5.41, 5.74) is 2.52. The van der Waals surface area contributed by atoms with E-state index < -0.39 is 6.10 Å². The van der Waals surface area contributed by atoms with Crippen LogP contribution in [-0.4, -0.2) is 43.7 Å². The number of esters is 1. The van der Waals surface area contributed by atoms with Crippen LogP contribution in [-0.2, 0) is 20.7 Å². The predicted molar refractivity (Wildman–Crippen MR) is 122 cm³/mol. The molecule has 0 N–H and O–H groups in total. The lowest BCUT2D eigenvalue weighted by Crippen LogP contribution is -2.52. The van der Waals surface area contributed by atoms with E-state index in [1.807, 2.05) is 20.1 Å². The van der Waals surface area contributed by atoms with Gasteiger partial charge < -0.3 is 4.74 Å². The summed E-state index contributed by atoms with van der Waals surface area (Å²) < 4.78 is 7.40. The highest BCUT2D eigenvalue weighted by Gasteiger charge is 2.55. The van der Waals surface area contributed by atoms with E-state index in [9.17, 15) is 9.59 Å². The van der Waals surface area contributed by atoms with E-state index in [-0.39, 0.29) is 23.6 Å². The molecule has 1 atom stereocenters. The van der Waals surface area contributed by atoms with Gasteiger partial charge in [-0.2, -0.15) is 4.98 Å². The average molecular weight is 457 g/mol. The van der Waals surface area contributed by atoms with Crippen molar-refractivity contribution in [3.05, 3.63) is 17.0 Å². The maximum Gasteiger partial charge on any atom is 0.306 e. The first-order chi connectivity index (χ1) is 15.3. The third-order valence-electron chi connectivity index (χ3n) is 8.03. The molecule has 2 aromatic heterocycles. The summed E-state index contributed by atoms with van der Waals surface area (Å²) in [4.78, 5) is 35.0. The van der Waals surface area contributed by atoms with Crippen LogP contribution in [0.1, 0.15) is 68.8 Å². The summed E-state index contributed by atoms with van der Waals surface area (Å²) in [5.74, 6) is 2.51. The van der Waals surface area contributed by atoms with Crippen molar-refractivity contribution in [2.45, 2.75) is 83.4 Å². The minimum Gasteiger partial charge on any atom is -0.455 e. The van der Waals surface area contributed by atoms with Crippen LogP contribution in [0, 0.1) is 37.0 Å². The van der Waals surface area contributed by atoms with Crippen LogP contribution in [0.5, 0.6) is 0 Å². The highest BCUT2D eigenvalue weighted by molar-refractivity contribution is 7.98. The largest absolute Gasteiger partial charge is 0.455 e. The van der Waals surface area contributed by atoms with Crippen LogP contribution in [0.3, 0.4) is 0 Å². The zero-order valence-corrected chi connectivity index (χ0v) is 20.2. The molecule has 4 aliphatic carbocycles. The van der Waals surface area contributed by atoms with Gasteiger partial charge in [-0.05, 0) is 95.3 Å². The topological polar surface area (TPSA) is 86.5 Å². The first-order valence-electron chi connectivity index (χ1n) is 11.8. The van der Waals surface area contributed by atoms with E-state index >= 15 is 0 Å².